The number of hydrogen-bond acceptors (Lipinski definition) is 5. The Kier molecular flexibility index (Phi) is 6.15. The standard InChI is InChI=1S/C24H25FN2O4/c1-16-2-4-17(5-3-16)21-20(22(28)18-6-8-19(25)9-7-18)23(29)24(30)27(21)11-10-26-12-14-31-15-13-26/h2-9,21,28H,10-15H2,1H3/b22-20+/t21-/m1/s1. The Labute approximate surface area is 180 Å². The molecule has 4 rings (SSSR count). The van der Waals surface area contributed by atoms with Gasteiger partial charge < -0.3 is 14.7 Å². The van der Waals surface area contributed by atoms with Crippen molar-refractivity contribution in [3.05, 3.63) is 76.6 Å². The molecule has 0 radical (unpaired) electrons. The molecule has 162 valence electrons. The normalized spacial score (nSPS) is 21.6. The lowest BCUT2D eigenvalue weighted by atomic mass is 9.94. The van der Waals surface area contributed by atoms with Crippen LogP contribution in [0, 0.1) is 12.7 Å². The molecule has 7 heteroatoms. The minimum atomic E-state index is -0.727. The number of hydrogen-bond donors (Lipinski definition) is 1. The lowest BCUT2D eigenvalue weighted by Gasteiger charge is -2.31. The van der Waals surface area contributed by atoms with Crippen LogP contribution in [0.2, 0.25) is 0 Å². The monoisotopic (exact) mass is 424 g/mol. The number of carbonyl (C=O) groups is 2. The van der Waals surface area contributed by atoms with Crippen LogP contribution < -0.4 is 0 Å². The predicted molar refractivity (Wildman–Crippen MR) is 114 cm³/mol. The molecule has 0 aromatic heterocycles. The van der Waals surface area contributed by atoms with E-state index in [-0.39, 0.29) is 11.3 Å². The molecule has 1 amide bonds. The lowest BCUT2D eigenvalue weighted by molar-refractivity contribution is -0.140. The molecule has 2 fully saturated rings. The zero-order valence-electron chi connectivity index (χ0n) is 17.4. The van der Waals surface area contributed by atoms with E-state index < -0.39 is 23.5 Å². The summed E-state index contributed by atoms with van der Waals surface area (Å²) in [5.41, 5.74) is 2.12. The predicted octanol–water partition coefficient (Wildman–Crippen LogP) is 2.89. The molecule has 2 aliphatic heterocycles. The zero-order chi connectivity index (χ0) is 22.0. The van der Waals surface area contributed by atoms with Crippen LogP contribution in [0.1, 0.15) is 22.7 Å². The molecule has 0 spiro atoms. The molecule has 1 atom stereocenters. The van der Waals surface area contributed by atoms with Crippen LogP contribution in [-0.2, 0) is 14.3 Å². The number of halogens is 1. The minimum Gasteiger partial charge on any atom is -0.507 e. The molecule has 0 saturated carbocycles. The third-order valence-electron chi connectivity index (χ3n) is 5.81. The molecule has 2 saturated heterocycles. The highest BCUT2D eigenvalue weighted by Crippen LogP contribution is 2.39. The molecule has 0 unspecified atom stereocenters. The highest BCUT2D eigenvalue weighted by Gasteiger charge is 2.46. The van der Waals surface area contributed by atoms with Crippen LogP contribution in [0.4, 0.5) is 4.39 Å². The minimum absolute atomic E-state index is 0.0300. The smallest absolute Gasteiger partial charge is 0.295 e. The van der Waals surface area contributed by atoms with Crippen molar-refractivity contribution in [3.63, 3.8) is 0 Å². The van der Waals surface area contributed by atoms with Crippen molar-refractivity contribution in [2.75, 3.05) is 39.4 Å². The summed E-state index contributed by atoms with van der Waals surface area (Å²) >= 11 is 0. The second kappa shape index (κ2) is 8.99. The van der Waals surface area contributed by atoms with Crippen molar-refractivity contribution < 1.29 is 23.8 Å². The second-order valence-electron chi connectivity index (χ2n) is 7.86. The van der Waals surface area contributed by atoms with Gasteiger partial charge in [0.2, 0.25) is 0 Å². The number of Topliss-reactive ketones (excluding diaryl/α,β-unsaturated/α-hetero) is 1. The number of aliphatic hydroxyl groups excluding tert-OH is 1. The third kappa shape index (κ3) is 4.38. The van der Waals surface area contributed by atoms with Crippen molar-refractivity contribution in [1.29, 1.82) is 0 Å². The van der Waals surface area contributed by atoms with E-state index >= 15 is 0 Å². The summed E-state index contributed by atoms with van der Waals surface area (Å²) in [6.45, 7) is 5.75. The molecule has 31 heavy (non-hydrogen) atoms. The van der Waals surface area contributed by atoms with Gasteiger partial charge in [-0.1, -0.05) is 29.8 Å². The Morgan fingerprint density at radius 1 is 1.03 bits per heavy atom. The summed E-state index contributed by atoms with van der Waals surface area (Å²) < 4.78 is 18.7. The first-order valence-corrected chi connectivity index (χ1v) is 10.4. The summed E-state index contributed by atoms with van der Waals surface area (Å²) in [4.78, 5) is 29.7. The van der Waals surface area contributed by atoms with E-state index in [9.17, 15) is 19.1 Å². The van der Waals surface area contributed by atoms with Gasteiger partial charge in [0.1, 0.15) is 11.6 Å². The number of likely N-dealkylation sites (tertiary alicyclic amines) is 1. The Hall–Kier alpha value is -3.03. The first-order valence-electron chi connectivity index (χ1n) is 10.4. The van der Waals surface area contributed by atoms with E-state index in [1.807, 2.05) is 31.2 Å². The number of aliphatic hydroxyl groups is 1. The fourth-order valence-electron chi connectivity index (χ4n) is 4.04. The number of nitrogens with zero attached hydrogens (tertiary/aromatic N) is 2. The first-order chi connectivity index (χ1) is 15.0. The van der Waals surface area contributed by atoms with Gasteiger partial charge in [0.05, 0.1) is 24.8 Å². The molecule has 6 nitrogen and oxygen atoms in total. The number of morpholine rings is 1. The Morgan fingerprint density at radius 2 is 1.68 bits per heavy atom. The summed E-state index contributed by atoms with van der Waals surface area (Å²) in [6.07, 6.45) is 0. The van der Waals surface area contributed by atoms with Gasteiger partial charge in [-0.25, -0.2) is 4.39 Å². The number of ether oxygens (including phenoxy) is 1. The van der Waals surface area contributed by atoms with Crippen LogP contribution in [0.5, 0.6) is 0 Å². The maximum atomic E-state index is 13.3. The Balaban J connectivity index is 1.72. The van der Waals surface area contributed by atoms with Crippen LogP contribution in [0.25, 0.3) is 5.76 Å². The van der Waals surface area contributed by atoms with Crippen molar-refractivity contribution in [2.45, 2.75) is 13.0 Å². The maximum absolute atomic E-state index is 13.3. The van der Waals surface area contributed by atoms with E-state index in [2.05, 4.69) is 4.90 Å². The molecule has 1 N–H and O–H groups in total. The van der Waals surface area contributed by atoms with Gasteiger partial charge in [0.15, 0.2) is 0 Å². The van der Waals surface area contributed by atoms with Gasteiger partial charge >= 0.3 is 0 Å². The fraction of sp³-hybridized carbons (Fsp3) is 0.333. The molecule has 2 aromatic carbocycles. The number of benzene rings is 2. The fourth-order valence-corrected chi connectivity index (χ4v) is 4.04. The van der Waals surface area contributed by atoms with Gasteiger partial charge in [-0.15, -0.1) is 0 Å². The number of aryl methyl sites for hydroxylation is 1. The molecular formula is C24H25FN2O4. The zero-order valence-corrected chi connectivity index (χ0v) is 17.4. The number of ketones is 1. The first kappa shape index (κ1) is 21.2. The Morgan fingerprint density at radius 3 is 2.32 bits per heavy atom. The van der Waals surface area contributed by atoms with Crippen molar-refractivity contribution >= 4 is 17.4 Å². The molecule has 2 heterocycles. The van der Waals surface area contributed by atoms with E-state index in [1.54, 1.807) is 0 Å². The van der Waals surface area contributed by atoms with Gasteiger partial charge in [-0.05, 0) is 36.8 Å². The number of carbonyl (C=O) groups excluding carboxylic acids is 2. The summed E-state index contributed by atoms with van der Waals surface area (Å²) in [5.74, 6) is -2.10. The van der Waals surface area contributed by atoms with Gasteiger partial charge in [-0.3, -0.25) is 14.5 Å². The average Bonchev–Trinajstić information content (AvgIpc) is 3.04. The van der Waals surface area contributed by atoms with E-state index in [0.29, 0.717) is 31.9 Å². The molecule has 0 aliphatic carbocycles. The third-order valence-corrected chi connectivity index (χ3v) is 5.81. The molecular weight excluding hydrogens is 399 g/mol. The van der Waals surface area contributed by atoms with Crippen molar-refractivity contribution in [2.24, 2.45) is 0 Å². The van der Waals surface area contributed by atoms with E-state index in [1.165, 1.54) is 29.2 Å². The maximum Gasteiger partial charge on any atom is 0.295 e. The number of rotatable bonds is 5. The lowest BCUT2D eigenvalue weighted by Crippen LogP contribution is -2.42. The van der Waals surface area contributed by atoms with E-state index in [0.717, 1.165) is 24.2 Å². The topological polar surface area (TPSA) is 70.1 Å². The largest absolute Gasteiger partial charge is 0.507 e. The van der Waals surface area contributed by atoms with Crippen molar-refractivity contribution in [1.82, 2.24) is 9.80 Å². The van der Waals surface area contributed by atoms with Crippen LogP contribution in [0.15, 0.2) is 54.1 Å². The van der Waals surface area contributed by atoms with E-state index in [4.69, 9.17) is 4.74 Å². The summed E-state index contributed by atoms with van der Waals surface area (Å²) in [5, 5.41) is 11.0. The van der Waals surface area contributed by atoms with Crippen LogP contribution in [-0.4, -0.2) is 66.0 Å². The Bertz CT molecular complexity index is 995. The van der Waals surface area contributed by atoms with Gasteiger partial charge in [-0.2, -0.15) is 0 Å². The highest BCUT2D eigenvalue weighted by molar-refractivity contribution is 6.46. The quantitative estimate of drug-likeness (QED) is 0.454. The average molecular weight is 424 g/mol. The SMILES string of the molecule is Cc1ccc([C@@H]2/C(=C(\O)c3ccc(F)cc3)C(=O)C(=O)N2CCN2CCOCC2)cc1. The summed E-state index contributed by atoms with van der Waals surface area (Å²) in [6, 6.07) is 12.1. The number of amides is 1. The molecule has 2 aliphatic rings. The van der Waals surface area contributed by atoms with Crippen LogP contribution >= 0.6 is 0 Å². The van der Waals surface area contributed by atoms with Gasteiger partial charge in [0.25, 0.3) is 11.7 Å². The van der Waals surface area contributed by atoms with Crippen LogP contribution in [0.3, 0.4) is 0 Å². The molecule has 2 aromatic rings. The molecule has 0 bridgehead atoms. The highest BCUT2D eigenvalue weighted by atomic mass is 19.1. The second-order valence-corrected chi connectivity index (χ2v) is 7.86. The summed E-state index contributed by atoms with van der Waals surface area (Å²) in [7, 11) is 0. The van der Waals surface area contributed by atoms with Gasteiger partial charge in [0, 0.05) is 31.7 Å². The van der Waals surface area contributed by atoms with Crippen molar-refractivity contribution in [3.8, 4) is 0 Å².